The van der Waals surface area contributed by atoms with Gasteiger partial charge in [-0.2, -0.15) is 0 Å². The summed E-state index contributed by atoms with van der Waals surface area (Å²) in [5.41, 5.74) is -0.618. The maximum atomic E-state index is 12.6. The molecule has 1 aliphatic heterocycles. The zero-order valence-electron chi connectivity index (χ0n) is 13.0. The predicted molar refractivity (Wildman–Crippen MR) is 76.2 cm³/mol. The molecule has 0 bridgehead atoms. The van der Waals surface area contributed by atoms with E-state index in [-0.39, 0.29) is 23.3 Å². The number of nitrogens with zero attached hydrogens (tertiary/aromatic N) is 1. The third-order valence-corrected chi connectivity index (χ3v) is 4.60. The molecule has 5 heteroatoms. The van der Waals surface area contributed by atoms with Crippen molar-refractivity contribution in [2.45, 2.75) is 58.0 Å². The minimum absolute atomic E-state index is 0.0281. The fourth-order valence-corrected chi connectivity index (χ4v) is 3.02. The van der Waals surface area contributed by atoms with Crippen LogP contribution in [0.5, 0.6) is 0 Å². The molecule has 1 saturated carbocycles. The number of carbonyl (C=O) groups is 2. The highest BCUT2D eigenvalue weighted by molar-refractivity contribution is 5.99. The number of hydrogen-bond acceptors (Lipinski definition) is 3. The van der Waals surface area contributed by atoms with Crippen molar-refractivity contribution in [3.8, 4) is 0 Å². The number of piperazine rings is 1. The van der Waals surface area contributed by atoms with Crippen molar-refractivity contribution < 1.29 is 14.3 Å². The van der Waals surface area contributed by atoms with Crippen LogP contribution in [0.2, 0.25) is 0 Å². The summed E-state index contributed by atoms with van der Waals surface area (Å²) in [5.74, 6) is 0.00674. The van der Waals surface area contributed by atoms with Crippen LogP contribution in [0.4, 0.5) is 0 Å². The minimum atomic E-state index is -0.792. The third-order valence-electron chi connectivity index (χ3n) is 4.60. The molecule has 0 spiro atoms. The van der Waals surface area contributed by atoms with Crippen molar-refractivity contribution in [3.05, 3.63) is 0 Å². The molecule has 0 radical (unpaired) electrons. The van der Waals surface area contributed by atoms with Crippen LogP contribution >= 0.6 is 0 Å². The largest absolute Gasteiger partial charge is 0.385 e. The Balaban J connectivity index is 2.13. The van der Waals surface area contributed by atoms with Gasteiger partial charge in [-0.05, 0) is 44.9 Å². The molecule has 2 rings (SSSR count). The fraction of sp³-hybridized carbons (Fsp3) is 0.867. The van der Waals surface area contributed by atoms with E-state index >= 15 is 0 Å². The molecule has 20 heavy (non-hydrogen) atoms. The lowest BCUT2D eigenvalue weighted by Gasteiger charge is -2.44. The van der Waals surface area contributed by atoms with Gasteiger partial charge in [0.2, 0.25) is 11.8 Å². The molecular formula is C15H26N2O3. The van der Waals surface area contributed by atoms with E-state index in [1.807, 2.05) is 11.8 Å². The minimum Gasteiger partial charge on any atom is -0.385 e. The fourth-order valence-electron chi connectivity index (χ4n) is 3.02. The van der Waals surface area contributed by atoms with Gasteiger partial charge in [0.05, 0.1) is 0 Å². The highest BCUT2D eigenvalue weighted by Gasteiger charge is 2.50. The van der Waals surface area contributed by atoms with Crippen LogP contribution in [0.1, 0.15) is 46.5 Å². The van der Waals surface area contributed by atoms with Crippen LogP contribution in [0.15, 0.2) is 0 Å². The van der Waals surface area contributed by atoms with Crippen LogP contribution in [0.25, 0.3) is 0 Å². The first-order valence-corrected chi connectivity index (χ1v) is 7.47. The molecule has 1 saturated heterocycles. The second-order valence-corrected chi connectivity index (χ2v) is 6.71. The Labute approximate surface area is 121 Å². The van der Waals surface area contributed by atoms with E-state index < -0.39 is 5.54 Å². The Morgan fingerprint density at radius 3 is 2.50 bits per heavy atom. The molecule has 1 heterocycles. The highest BCUT2D eigenvalue weighted by atomic mass is 16.5. The average Bonchev–Trinajstić information content (AvgIpc) is 3.13. The summed E-state index contributed by atoms with van der Waals surface area (Å²) < 4.78 is 5.17. The second kappa shape index (κ2) is 5.35. The molecule has 1 N–H and O–H groups in total. The molecule has 0 aromatic rings. The summed E-state index contributed by atoms with van der Waals surface area (Å²) in [7, 11) is 1.70. The molecule has 2 amide bonds. The Hall–Kier alpha value is -1.10. The van der Waals surface area contributed by atoms with Crippen LogP contribution in [0.3, 0.4) is 0 Å². The molecule has 0 aromatic carbocycles. The first kappa shape index (κ1) is 15.3. The summed E-state index contributed by atoms with van der Waals surface area (Å²) in [5, 5.41) is 2.83. The van der Waals surface area contributed by atoms with E-state index in [2.05, 4.69) is 5.32 Å². The standard InChI is InChI=1S/C15H26N2O3/c1-5-11-12(18)16-14(2,3)13(19)17(11)10-15(6-7-15)8-9-20-4/h11H,5-10H2,1-4H3,(H,16,18). The van der Waals surface area contributed by atoms with Crippen molar-refractivity contribution in [1.82, 2.24) is 10.2 Å². The Kier molecular flexibility index (Phi) is 4.09. The quantitative estimate of drug-likeness (QED) is 0.799. The van der Waals surface area contributed by atoms with Gasteiger partial charge < -0.3 is 15.0 Å². The smallest absolute Gasteiger partial charge is 0.248 e. The molecule has 5 nitrogen and oxygen atoms in total. The van der Waals surface area contributed by atoms with Crippen molar-refractivity contribution in [2.75, 3.05) is 20.3 Å². The SMILES string of the molecule is CCC1C(=O)NC(C)(C)C(=O)N1CC1(CCOC)CC1. The van der Waals surface area contributed by atoms with E-state index in [9.17, 15) is 9.59 Å². The van der Waals surface area contributed by atoms with Crippen molar-refractivity contribution in [3.63, 3.8) is 0 Å². The number of carbonyl (C=O) groups excluding carboxylic acids is 2. The van der Waals surface area contributed by atoms with Gasteiger partial charge in [-0.3, -0.25) is 9.59 Å². The van der Waals surface area contributed by atoms with Crippen molar-refractivity contribution in [1.29, 1.82) is 0 Å². The van der Waals surface area contributed by atoms with E-state index in [0.29, 0.717) is 19.6 Å². The lowest BCUT2D eigenvalue weighted by molar-refractivity contribution is -0.154. The van der Waals surface area contributed by atoms with Crippen LogP contribution in [0, 0.1) is 5.41 Å². The van der Waals surface area contributed by atoms with E-state index in [1.54, 1.807) is 21.0 Å². The Bertz CT molecular complexity index is 402. The first-order chi connectivity index (χ1) is 9.35. The van der Waals surface area contributed by atoms with Gasteiger partial charge in [0.15, 0.2) is 0 Å². The van der Waals surface area contributed by atoms with Crippen molar-refractivity contribution >= 4 is 11.8 Å². The number of hydrogen-bond donors (Lipinski definition) is 1. The van der Waals surface area contributed by atoms with Gasteiger partial charge >= 0.3 is 0 Å². The zero-order chi connectivity index (χ0) is 15.0. The summed E-state index contributed by atoms with van der Waals surface area (Å²) in [6.45, 7) is 6.91. The normalized spacial score (nSPS) is 27.4. The number of amides is 2. The van der Waals surface area contributed by atoms with Gasteiger partial charge in [-0.1, -0.05) is 6.92 Å². The maximum Gasteiger partial charge on any atom is 0.248 e. The lowest BCUT2D eigenvalue weighted by atomic mass is 9.92. The van der Waals surface area contributed by atoms with Gasteiger partial charge in [0.1, 0.15) is 11.6 Å². The first-order valence-electron chi connectivity index (χ1n) is 7.47. The van der Waals surface area contributed by atoms with Crippen LogP contribution < -0.4 is 5.32 Å². The van der Waals surface area contributed by atoms with E-state index in [4.69, 9.17) is 4.74 Å². The highest BCUT2D eigenvalue weighted by Crippen LogP contribution is 2.50. The summed E-state index contributed by atoms with van der Waals surface area (Å²) in [6, 6.07) is -0.324. The van der Waals surface area contributed by atoms with Gasteiger partial charge in [0, 0.05) is 20.3 Å². The van der Waals surface area contributed by atoms with Gasteiger partial charge in [0.25, 0.3) is 0 Å². The van der Waals surface area contributed by atoms with E-state index in [0.717, 1.165) is 19.3 Å². The molecule has 114 valence electrons. The molecule has 2 fully saturated rings. The lowest BCUT2D eigenvalue weighted by Crippen LogP contribution is -2.68. The number of rotatable bonds is 6. The van der Waals surface area contributed by atoms with Crippen molar-refractivity contribution in [2.24, 2.45) is 5.41 Å². The Morgan fingerprint density at radius 1 is 1.35 bits per heavy atom. The summed E-state index contributed by atoms with van der Waals surface area (Å²) >= 11 is 0. The molecular weight excluding hydrogens is 256 g/mol. The molecule has 1 unspecified atom stereocenters. The number of ether oxygens (including phenoxy) is 1. The average molecular weight is 282 g/mol. The Morgan fingerprint density at radius 2 is 2.00 bits per heavy atom. The molecule has 0 aromatic heterocycles. The van der Waals surface area contributed by atoms with Crippen LogP contribution in [-0.2, 0) is 14.3 Å². The monoisotopic (exact) mass is 282 g/mol. The van der Waals surface area contributed by atoms with Crippen LogP contribution in [-0.4, -0.2) is 48.6 Å². The third kappa shape index (κ3) is 2.82. The second-order valence-electron chi connectivity index (χ2n) is 6.71. The zero-order valence-corrected chi connectivity index (χ0v) is 13.0. The number of methoxy groups -OCH3 is 1. The van der Waals surface area contributed by atoms with E-state index in [1.165, 1.54) is 0 Å². The van der Waals surface area contributed by atoms with Gasteiger partial charge in [-0.25, -0.2) is 0 Å². The maximum absolute atomic E-state index is 12.6. The predicted octanol–water partition coefficient (Wildman–Crippen LogP) is 1.32. The molecule has 1 aliphatic carbocycles. The summed E-state index contributed by atoms with van der Waals surface area (Å²) in [4.78, 5) is 26.6. The molecule has 1 atom stereocenters. The molecule has 2 aliphatic rings. The topological polar surface area (TPSA) is 58.6 Å². The summed E-state index contributed by atoms with van der Waals surface area (Å²) in [6.07, 6.45) is 3.87. The van der Waals surface area contributed by atoms with Gasteiger partial charge in [-0.15, -0.1) is 0 Å². The number of nitrogens with one attached hydrogen (secondary N) is 1.